The van der Waals surface area contributed by atoms with Crippen LogP contribution in [0.2, 0.25) is 0 Å². The third-order valence-electron chi connectivity index (χ3n) is 1.75. The summed E-state index contributed by atoms with van der Waals surface area (Å²) in [6, 6.07) is 1.62. The van der Waals surface area contributed by atoms with E-state index in [0.29, 0.717) is 5.56 Å². The second kappa shape index (κ2) is 4.14. The van der Waals surface area contributed by atoms with Gasteiger partial charge in [-0.05, 0) is 23.9 Å². The Morgan fingerprint density at radius 3 is 2.40 bits per heavy atom. The van der Waals surface area contributed by atoms with Gasteiger partial charge in [-0.2, -0.15) is 13.2 Å². The molecular weight excluding hydrogens is 229 g/mol. The van der Waals surface area contributed by atoms with Crippen LogP contribution in [-0.2, 0) is 4.79 Å². The number of alkyl halides is 3. The van der Waals surface area contributed by atoms with Crippen LogP contribution in [0.5, 0.6) is 0 Å². The van der Waals surface area contributed by atoms with E-state index in [1.54, 1.807) is 18.4 Å². The lowest BCUT2D eigenvalue weighted by atomic mass is 10.1. The molecule has 1 aromatic heterocycles. The van der Waals surface area contributed by atoms with E-state index in [4.69, 9.17) is 0 Å². The molecule has 0 saturated heterocycles. The van der Waals surface area contributed by atoms with Crippen LogP contribution in [0.3, 0.4) is 0 Å². The lowest BCUT2D eigenvalue weighted by Crippen LogP contribution is -2.25. The van der Waals surface area contributed by atoms with Gasteiger partial charge in [0, 0.05) is 0 Å². The van der Waals surface area contributed by atoms with E-state index in [2.05, 4.69) is 0 Å². The van der Waals surface area contributed by atoms with E-state index in [1.807, 2.05) is 0 Å². The monoisotopic (exact) mass is 236 g/mol. The van der Waals surface area contributed by atoms with Crippen LogP contribution in [0.1, 0.15) is 21.7 Å². The minimum absolute atomic E-state index is 0.215. The summed E-state index contributed by atoms with van der Waals surface area (Å²) in [6.07, 6.45) is -6.04. The highest BCUT2D eigenvalue weighted by molar-refractivity contribution is 7.12. The quantitative estimate of drug-likeness (QED) is 0.597. The molecule has 0 unspecified atom stereocenters. The Labute approximate surface area is 87.7 Å². The van der Waals surface area contributed by atoms with E-state index >= 15 is 0 Å². The Morgan fingerprint density at radius 2 is 2.00 bits per heavy atom. The summed E-state index contributed by atoms with van der Waals surface area (Å²) in [5.74, 6) is -2.77. The molecular formula is C9H7F3O2S. The van der Waals surface area contributed by atoms with Gasteiger partial charge in [0.05, 0.1) is 11.3 Å². The van der Waals surface area contributed by atoms with Gasteiger partial charge in [0.25, 0.3) is 0 Å². The molecule has 0 atom stereocenters. The van der Waals surface area contributed by atoms with Gasteiger partial charge in [-0.1, -0.05) is 0 Å². The molecule has 0 amide bonds. The Morgan fingerprint density at radius 1 is 1.40 bits per heavy atom. The van der Waals surface area contributed by atoms with Crippen molar-refractivity contribution >= 4 is 22.9 Å². The number of thiophene rings is 1. The highest BCUT2D eigenvalue weighted by Crippen LogP contribution is 2.22. The second-order valence-corrected chi connectivity index (χ2v) is 3.87. The summed E-state index contributed by atoms with van der Waals surface area (Å²) in [5, 5.41) is 1.60. The van der Waals surface area contributed by atoms with Gasteiger partial charge in [0.1, 0.15) is 0 Å². The number of rotatable bonds is 3. The van der Waals surface area contributed by atoms with Crippen molar-refractivity contribution in [1.82, 2.24) is 0 Å². The van der Waals surface area contributed by atoms with Crippen molar-refractivity contribution in [2.24, 2.45) is 0 Å². The number of Topliss-reactive ketones (excluding diaryl/α,β-unsaturated/α-hetero) is 2. The lowest BCUT2D eigenvalue weighted by molar-refractivity contribution is -0.170. The Hall–Kier alpha value is -1.17. The molecule has 0 bridgehead atoms. The van der Waals surface area contributed by atoms with E-state index < -0.39 is 24.2 Å². The average Bonchev–Trinajstić information content (AvgIpc) is 2.49. The van der Waals surface area contributed by atoms with Crippen LogP contribution >= 0.6 is 11.3 Å². The summed E-state index contributed by atoms with van der Waals surface area (Å²) < 4.78 is 35.6. The number of carbonyl (C=O) groups excluding carboxylic acids is 2. The van der Waals surface area contributed by atoms with Crippen LogP contribution in [0.4, 0.5) is 13.2 Å². The first-order valence-electron chi connectivity index (χ1n) is 3.99. The molecule has 1 rings (SSSR count). The fraction of sp³-hybridized carbons (Fsp3) is 0.333. The Kier molecular flexibility index (Phi) is 3.28. The Bertz CT molecular complexity index is 392. The summed E-state index contributed by atoms with van der Waals surface area (Å²) >= 11 is 1.04. The largest absolute Gasteiger partial charge is 0.450 e. The first-order valence-corrected chi connectivity index (χ1v) is 4.87. The van der Waals surface area contributed by atoms with Crippen LogP contribution < -0.4 is 0 Å². The summed E-state index contributed by atoms with van der Waals surface area (Å²) in [6.45, 7) is 1.61. The number of halogens is 3. The first-order chi connectivity index (χ1) is 6.82. The fourth-order valence-corrected chi connectivity index (χ4v) is 1.85. The van der Waals surface area contributed by atoms with Crippen LogP contribution in [-0.4, -0.2) is 17.7 Å². The fourth-order valence-electron chi connectivity index (χ4n) is 0.985. The summed E-state index contributed by atoms with van der Waals surface area (Å²) in [4.78, 5) is 22.0. The molecule has 2 nitrogen and oxygen atoms in total. The van der Waals surface area contributed by atoms with E-state index in [0.717, 1.165) is 11.3 Å². The minimum Gasteiger partial charge on any atom is -0.293 e. The molecule has 6 heteroatoms. The van der Waals surface area contributed by atoms with Crippen molar-refractivity contribution in [3.05, 3.63) is 21.9 Å². The van der Waals surface area contributed by atoms with Crippen molar-refractivity contribution < 1.29 is 22.8 Å². The van der Waals surface area contributed by atoms with Crippen LogP contribution in [0.15, 0.2) is 11.4 Å². The van der Waals surface area contributed by atoms with E-state index in [9.17, 15) is 22.8 Å². The zero-order chi connectivity index (χ0) is 11.6. The molecule has 0 spiro atoms. The zero-order valence-corrected chi connectivity index (χ0v) is 8.54. The van der Waals surface area contributed by atoms with Crippen LogP contribution in [0, 0.1) is 6.92 Å². The van der Waals surface area contributed by atoms with Crippen molar-refractivity contribution in [1.29, 1.82) is 0 Å². The zero-order valence-electron chi connectivity index (χ0n) is 7.72. The molecule has 0 aliphatic heterocycles. The standard InChI is InChI=1S/C9H7F3O2S/c1-5-2-3-15-8(5)6(13)4-7(14)9(10,11)12/h2-3H,4H2,1H3. The SMILES string of the molecule is Cc1ccsc1C(=O)CC(=O)C(F)(F)F. The predicted molar refractivity (Wildman–Crippen MR) is 49.1 cm³/mol. The van der Waals surface area contributed by atoms with Crippen molar-refractivity contribution in [2.45, 2.75) is 19.5 Å². The van der Waals surface area contributed by atoms with E-state index in [-0.39, 0.29) is 4.88 Å². The molecule has 0 aliphatic rings. The molecule has 0 radical (unpaired) electrons. The maximum Gasteiger partial charge on any atom is 0.450 e. The molecule has 1 aromatic rings. The number of carbonyl (C=O) groups is 2. The maximum atomic E-state index is 11.9. The number of hydrogen-bond acceptors (Lipinski definition) is 3. The highest BCUT2D eigenvalue weighted by atomic mass is 32.1. The molecule has 0 N–H and O–H groups in total. The number of ketones is 2. The lowest BCUT2D eigenvalue weighted by Gasteiger charge is -2.03. The highest BCUT2D eigenvalue weighted by Gasteiger charge is 2.39. The van der Waals surface area contributed by atoms with Gasteiger partial charge in [0.2, 0.25) is 5.78 Å². The van der Waals surface area contributed by atoms with Crippen molar-refractivity contribution in [2.75, 3.05) is 0 Å². The molecule has 82 valence electrons. The molecule has 0 aromatic carbocycles. The maximum absolute atomic E-state index is 11.9. The first kappa shape index (κ1) is 11.9. The van der Waals surface area contributed by atoms with Gasteiger partial charge in [-0.25, -0.2) is 0 Å². The molecule has 0 saturated carbocycles. The van der Waals surface area contributed by atoms with Gasteiger partial charge in [-0.15, -0.1) is 11.3 Å². The third kappa shape index (κ3) is 2.89. The Balaban J connectivity index is 2.74. The number of aryl methyl sites for hydroxylation is 1. The van der Waals surface area contributed by atoms with Gasteiger partial charge in [0.15, 0.2) is 5.78 Å². The summed E-state index contributed by atoms with van der Waals surface area (Å²) in [7, 11) is 0. The van der Waals surface area contributed by atoms with Crippen LogP contribution in [0.25, 0.3) is 0 Å². The third-order valence-corrected chi connectivity index (χ3v) is 2.81. The van der Waals surface area contributed by atoms with Gasteiger partial charge in [-0.3, -0.25) is 9.59 Å². The average molecular weight is 236 g/mol. The smallest absolute Gasteiger partial charge is 0.293 e. The molecule has 1 heterocycles. The second-order valence-electron chi connectivity index (χ2n) is 2.95. The van der Waals surface area contributed by atoms with Crippen molar-refractivity contribution in [3.8, 4) is 0 Å². The normalized spacial score (nSPS) is 11.5. The molecule has 15 heavy (non-hydrogen) atoms. The summed E-state index contributed by atoms with van der Waals surface area (Å²) in [5.41, 5.74) is 0.597. The number of hydrogen-bond donors (Lipinski definition) is 0. The van der Waals surface area contributed by atoms with Crippen molar-refractivity contribution in [3.63, 3.8) is 0 Å². The van der Waals surface area contributed by atoms with Gasteiger partial charge >= 0.3 is 6.18 Å². The predicted octanol–water partition coefficient (Wildman–Crippen LogP) is 2.76. The molecule has 0 aliphatic carbocycles. The van der Waals surface area contributed by atoms with E-state index in [1.165, 1.54) is 0 Å². The minimum atomic E-state index is -4.93. The molecule has 0 fully saturated rings. The van der Waals surface area contributed by atoms with Gasteiger partial charge < -0.3 is 0 Å². The topological polar surface area (TPSA) is 34.1 Å².